The summed E-state index contributed by atoms with van der Waals surface area (Å²) in [5.41, 5.74) is 1.77. The SMILES string of the molecule is Cc1ncc(CO)c(CNC2CNC(=O)C2)c1O. The van der Waals surface area contributed by atoms with E-state index in [0.717, 1.165) is 0 Å². The number of amides is 1. The highest BCUT2D eigenvalue weighted by atomic mass is 16.3. The van der Waals surface area contributed by atoms with E-state index < -0.39 is 0 Å². The fourth-order valence-corrected chi connectivity index (χ4v) is 2.01. The molecule has 1 aromatic heterocycles. The van der Waals surface area contributed by atoms with E-state index in [-0.39, 0.29) is 24.3 Å². The van der Waals surface area contributed by atoms with Crippen LogP contribution in [0, 0.1) is 6.92 Å². The average molecular weight is 251 g/mol. The summed E-state index contributed by atoms with van der Waals surface area (Å²) in [5, 5.41) is 25.1. The molecule has 1 fully saturated rings. The number of aromatic hydroxyl groups is 1. The Kier molecular flexibility index (Phi) is 3.78. The minimum atomic E-state index is -0.167. The third-order valence-electron chi connectivity index (χ3n) is 3.15. The van der Waals surface area contributed by atoms with Crippen molar-refractivity contribution in [1.29, 1.82) is 0 Å². The number of hydrogen-bond acceptors (Lipinski definition) is 5. The van der Waals surface area contributed by atoms with Crippen molar-refractivity contribution < 1.29 is 15.0 Å². The van der Waals surface area contributed by atoms with Gasteiger partial charge in [-0.15, -0.1) is 0 Å². The fraction of sp³-hybridized carbons (Fsp3) is 0.500. The minimum absolute atomic E-state index is 0.0324. The van der Waals surface area contributed by atoms with E-state index >= 15 is 0 Å². The van der Waals surface area contributed by atoms with E-state index in [1.165, 1.54) is 0 Å². The molecule has 1 amide bonds. The Labute approximate surface area is 105 Å². The predicted octanol–water partition coefficient (Wildman–Crippen LogP) is -0.434. The molecule has 2 heterocycles. The summed E-state index contributed by atoms with van der Waals surface area (Å²) in [6.07, 6.45) is 2.00. The van der Waals surface area contributed by atoms with Crippen LogP contribution in [0.2, 0.25) is 0 Å². The number of aliphatic hydroxyl groups is 1. The third-order valence-corrected chi connectivity index (χ3v) is 3.15. The Balaban J connectivity index is 2.08. The van der Waals surface area contributed by atoms with Crippen molar-refractivity contribution in [2.24, 2.45) is 0 Å². The van der Waals surface area contributed by atoms with Crippen LogP contribution in [-0.2, 0) is 17.9 Å². The Morgan fingerprint density at radius 3 is 3.00 bits per heavy atom. The molecule has 98 valence electrons. The molecule has 0 aliphatic carbocycles. The summed E-state index contributed by atoms with van der Waals surface area (Å²) >= 11 is 0. The second kappa shape index (κ2) is 5.32. The van der Waals surface area contributed by atoms with Crippen LogP contribution in [0.5, 0.6) is 5.75 Å². The highest BCUT2D eigenvalue weighted by Gasteiger charge is 2.21. The van der Waals surface area contributed by atoms with Crippen molar-refractivity contribution in [3.8, 4) is 5.75 Å². The number of aryl methyl sites for hydroxylation is 1. The van der Waals surface area contributed by atoms with E-state index in [4.69, 9.17) is 0 Å². The van der Waals surface area contributed by atoms with Crippen LogP contribution >= 0.6 is 0 Å². The van der Waals surface area contributed by atoms with Gasteiger partial charge in [-0.1, -0.05) is 0 Å². The van der Waals surface area contributed by atoms with Gasteiger partial charge in [-0.2, -0.15) is 0 Å². The first-order valence-corrected chi connectivity index (χ1v) is 5.89. The second-order valence-electron chi connectivity index (χ2n) is 4.44. The summed E-state index contributed by atoms with van der Waals surface area (Å²) in [5.74, 6) is 0.136. The lowest BCUT2D eigenvalue weighted by Gasteiger charge is -2.15. The van der Waals surface area contributed by atoms with Gasteiger partial charge in [-0.25, -0.2) is 0 Å². The van der Waals surface area contributed by atoms with Crippen LogP contribution in [0.1, 0.15) is 23.2 Å². The molecule has 6 nitrogen and oxygen atoms in total. The monoisotopic (exact) mass is 251 g/mol. The first kappa shape index (κ1) is 12.8. The molecule has 1 unspecified atom stereocenters. The molecule has 0 radical (unpaired) electrons. The number of nitrogens with one attached hydrogen (secondary N) is 2. The lowest BCUT2D eigenvalue weighted by molar-refractivity contribution is -0.119. The Morgan fingerprint density at radius 1 is 1.61 bits per heavy atom. The zero-order chi connectivity index (χ0) is 13.1. The number of rotatable bonds is 4. The molecule has 1 saturated heterocycles. The van der Waals surface area contributed by atoms with Gasteiger partial charge in [0.25, 0.3) is 0 Å². The van der Waals surface area contributed by atoms with Gasteiger partial charge in [0.2, 0.25) is 5.91 Å². The quantitative estimate of drug-likeness (QED) is 0.582. The average Bonchev–Trinajstić information content (AvgIpc) is 2.77. The maximum absolute atomic E-state index is 11.1. The molecular weight excluding hydrogens is 234 g/mol. The topological polar surface area (TPSA) is 94.5 Å². The van der Waals surface area contributed by atoms with Crippen LogP contribution in [0.15, 0.2) is 6.20 Å². The zero-order valence-corrected chi connectivity index (χ0v) is 10.2. The molecule has 1 atom stereocenters. The molecule has 1 aliphatic heterocycles. The van der Waals surface area contributed by atoms with Crippen molar-refractivity contribution in [2.45, 2.75) is 32.5 Å². The maximum atomic E-state index is 11.1. The lowest BCUT2D eigenvalue weighted by Crippen LogP contribution is -2.30. The molecule has 0 saturated carbocycles. The number of carbonyl (C=O) groups excluding carboxylic acids is 1. The number of pyridine rings is 1. The van der Waals surface area contributed by atoms with Crippen LogP contribution < -0.4 is 10.6 Å². The highest BCUT2D eigenvalue weighted by Crippen LogP contribution is 2.23. The summed E-state index contributed by atoms with van der Waals surface area (Å²) < 4.78 is 0. The summed E-state index contributed by atoms with van der Waals surface area (Å²) in [6, 6.07) is 0.0666. The Morgan fingerprint density at radius 2 is 2.39 bits per heavy atom. The van der Waals surface area contributed by atoms with Gasteiger partial charge in [-0.05, 0) is 6.92 Å². The van der Waals surface area contributed by atoms with Crippen molar-refractivity contribution >= 4 is 5.91 Å². The van der Waals surface area contributed by atoms with Gasteiger partial charge < -0.3 is 20.8 Å². The molecule has 1 aliphatic rings. The van der Waals surface area contributed by atoms with Gasteiger partial charge in [0.05, 0.1) is 12.3 Å². The molecule has 2 rings (SSSR count). The summed E-state index contributed by atoms with van der Waals surface area (Å²) in [6.45, 7) is 2.54. The van der Waals surface area contributed by atoms with E-state index in [1.54, 1.807) is 13.1 Å². The third kappa shape index (κ3) is 2.60. The lowest BCUT2D eigenvalue weighted by atomic mass is 10.1. The number of hydrogen-bond donors (Lipinski definition) is 4. The maximum Gasteiger partial charge on any atom is 0.221 e. The Bertz CT molecular complexity index is 462. The molecule has 0 aromatic carbocycles. The molecule has 6 heteroatoms. The normalized spacial score (nSPS) is 19.0. The van der Waals surface area contributed by atoms with Gasteiger partial charge in [0, 0.05) is 42.9 Å². The van der Waals surface area contributed by atoms with Crippen molar-refractivity contribution in [3.63, 3.8) is 0 Å². The molecular formula is C12H17N3O3. The zero-order valence-electron chi connectivity index (χ0n) is 10.2. The number of aliphatic hydroxyl groups excluding tert-OH is 1. The molecule has 0 bridgehead atoms. The van der Waals surface area contributed by atoms with Gasteiger partial charge in [0.1, 0.15) is 5.75 Å². The number of carbonyl (C=O) groups is 1. The summed E-state index contributed by atoms with van der Waals surface area (Å²) in [7, 11) is 0. The van der Waals surface area contributed by atoms with E-state index in [2.05, 4.69) is 15.6 Å². The first-order valence-electron chi connectivity index (χ1n) is 5.89. The number of aromatic nitrogens is 1. The van der Waals surface area contributed by atoms with E-state index in [1.807, 2.05) is 0 Å². The van der Waals surface area contributed by atoms with Crippen molar-refractivity contribution in [1.82, 2.24) is 15.6 Å². The molecule has 4 N–H and O–H groups in total. The largest absolute Gasteiger partial charge is 0.506 e. The Hall–Kier alpha value is -1.66. The summed E-state index contributed by atoms with van der Waals surface area (Å²) in [4.78, 5) is 15.1. The van der Waals surface area contributed by atoms with Crippen LogP contribution in [0.4, 0.5) is 0 Å². The van der Waals surface area contributed by atoms with Crippen LogP contribution in [0.3, 0.4) is 0 Å². The molecule has 18 heavy (non-hydrogen) atoms. The predicted molar refractivity (Wildman–Crippen MR) is 64.8 cm³/mol. The first-order chi connectivity index (χ1) is 8.61. The molecule has 1 aromatic rings. The van der Waals surface area contributed by atoms with Gasteiger partial charge in [-0.3, -0.25) is 9.78 Å². The van der Waals surface area contributed by atoms with Crippen LogP contribution in [-0.4, -0.2) is 33.7 Å². The smallest absolute Gasteiger partial charge is 0.221 e. The standard InChI is InChI=1S/C12H17N3O3/c1-7-12(18)10(8(6-16)3-13-7)5-14-9-2-11(17)15-4-9/h3,9,14,16,18H,2,4-6H2,1H3,(H,15,17). The molecule has 0 spiro atoms. The van der Waals surface area contributed by atoms with Gasteiger partial charge in [0.15, 0.2) is 0 Å². The van der Waals surface area contributed by atoms with Gasteiger partial charge >= 0.3 is 0 Å². The van der Waals surface area contributed by atoms with E-state index in [9.17, 15) is 15.0 Å². The second-order valence-corrected chi connectivity index (χ2v) is 4.44. The van der Waals surface area contributed by atoms with Crippen molar-refractivity contribution in [2.75, 3.05) is 6.54 Å². The van der Waals surface area contributed by atoms with Crippen LogP contribution in [0.25, 0.3) is 0 Å². The fourth-order valence-electron chi connectivity index (χ4n) is 2.01. The number of nitrogens with zero attached hydrogens (tertiary/aromatic N) is 1. The highest BCUT2D eigenvalue weighted by molar-refractivity contribution is 5.78. The van der Waals surface area contributed by atoms with Crippen molar-refractivity contribution in [3.05, 3.63) is 23.0 Å². The minimum Gasteiger partial charge on any atom is -0.506 e. The van der Waals surface area contributed by atoms with E-state index in [0.29, 0.717) is 36.3 Å².